The summed E-state index contributed by atoms with van der Waals surface area (Å²) >= 11 is 0. The average Bonchev–Trinajstić information content (AvgIpc) is 3.42. The highest BCUT2D eigenvalue weighted by molar-refractivity contribution is 5.95. The lowest BCUT2D eigenvalue weighted by molar-refractivity contribution is -0.273. The van der Waals surface area contributed by atoms with Crippen LogP contribution in [0.1, 0.15) is 84.9 Å². The normalized spacial score (nSPS) is 26.8. The van der Waals surface area contributed by atoms with Crippen molar-refractivity contribution >= 4 is 22.7 Å². The van der Waals surface area contributed by atoms with Gasteiger partial charge in [-0.1, -0.05) is 72.1 Å². The number of aliphatic imine (C=N–C) groups is 2. The Labute approximate surface area is 275 Å². The lowest BCUT2D eigenvalue weighted by Crippen LogP contribution is -2.58. The Hall–Kier alpha value is -2.50. The molecule has 7 atom stereocenters. The number of para-hydroxylation sites is 1. The van der Waals surface area contributed by atoms with Gasteiger partial charge in [0.05, 0.1) is 26.3 Å². The molecule has 1 N–H and O–H groups in total. The maximum absolute atomic E-state index is 12.0. The quantitative estimate of drug-likeness (QED) is 0.207. The van der Waals surface area contributed by atoms with Crippen molar-refractivity contribution in [3.63, 3.8) is 0 Å². The third kappa shape index (κ3) is 8.69. The van der Waals surface area contributed by atoms with E-state index in [4.69, 9.17) is 38.4 Å². The van der Waals surface area contributed by atoms with E-state index in [0.29, 0.717) is 44.6 Å². The molecule has 0 amide bonds. The van der Waals surface area contributed by atoms with Crippen LogP contribution < -0.4 is 0 Å². The number of nitrogens with zero attached hydrogens (tertiary/aromatic N) is 3. The molecule has 0 unspecified atom stereocenters. The fourth-order valence-corrected chi connectivity index (χ4v) is 6.19. The van der Waals surface area contributed by atoms with Gasteiger partial charge in [0, 0.05) is 37.8 Å². The first-order valence-electron chi connectivity index (χ1n) is 17.3. The Balaban J connectivity index is 1.70. The average molecular weight is 644 g/mol. The van der Waals surface area contributed by atoms with Crippen LogP contribution in [0, 0.1) is 5.92 Å². The Bertz CT molecular complexity index is 1260. The molecule has 2 aliphatic heterocycles. The van der Waals surface area contributed by atoms with E-state index < -0.39 is 30.6 Å². The molecular weight excluding hydrogens is 586 g/mol. The van der Waals surface area contributed by atoms with Gasteiger partial charge in [-0.05, 0) is 36.8 Å². The van der Waals surface area contributed by atoms with E-state index in [1.165, 1.54) is 0 Å². The van der Waals surface area contributed by atoms with Crippen LogP contribution in [0.2, 0.25) is 0 Å². The van der Waals surface area contributed by atoms with Gasteiger partial charge >= 0.3 is 0 Å². The van der Waals surface area contributed by atoms with Crippen molar-refractivity contribution in [3.8, 4) is 0 Å². The number of aliphatic hydroxyl groups is 1. The lowest BCUT2D eigenvalue weighted by Gasteiger charge is -2.45. The molecule has 1 aromatic carbocycles. The molecule has 0 bridgehead atoms. The minimum Gasteiger partial charge on any atom is -0.483 e. The van der Waals surface area contributed by atoms with E-state index in [9.17, 15) is 5.11 Å². The van der Waals surface area contributed by atoms with Crippen LogP contribution >= 0.6 is 0 Å². The number of ether oxygens (including phenoxy) is 6. The van der Waals surface area contributed by atoms with Gasteiger partial charge in [0.25, 0.3) is 0 Å². The molecule has 2 aliphatic rings. The number of fused-ring (bicyclic) bond motifs is 1. The molecule has 1 fully saturated rings. The second-order valence-corrected chi connectivity index (χ2v) is 12.7. The highest BCUT2D eigenvalue weighted by atomic mass is 16.6. The van der Waals surface area contributed by atoms with E-state index in [0.717, 1.165) is 55.0 Å². The summed E-state index contributed by atoms with van der Waals surface area (Å²) < 4.78 is 39.2. The van der Waals surface area contributed by atoms with E-state index in [1.807, 2.05) is 16.7 Å². The van der Waals surface area contributed by atoms with Crippen LogP contribution in [0.3, 0.4) is 0 Å². The fraction of sp³-hybridized carbons (Fsp3) is 0.722. The number of methoxy groups -OCH3 is 2. The third-order valence-corrected chi connectivity index (χ3v) is 8.82. The SMILES string of the molecule is CCCCOC[C@H]1O[C@H](n2cc(C[C@@H]3N=C(OC)[C@@H](C(C)C)N=C3OC)c3ccccc32)[C@@H](O)[C@@H](OCCCC)[C@@H]1OCCCC. The summed E-state index contributed by atoms with van der Waals surface area (Å²) in [4.78, 5) is 9.83. The predicted molar refractivity (Wildman–Crippen MR) is 182 cm³/mol. The van der Waals surface area contributed by atoms with Gasteiger partial charge < -0.3 is 38.1 Å². The van der Waals surface area contributed by atoms with Crippen LogP contribution in [0.15, 0.2) is 40.4 Å². The van der Waals surface area contributed by atoms with Crippen LogP contribution in [-0.2, 0) is 34.8 Å². The van der Waals surface area contributed by atoms with E-state index in [1.54, 1.807) is 14.2 Å². The molecule has 0 saturated carbocycles. The first kappa shape index (κ1) is 36.3. The van der Waals surface area contributed by atoms with Crippen LogP contribution in [-0.4, -0.2) is 98.6 Å². The number of unbranched alkanes of at least 4 members (excludes halogenated alkanes) is 3. The number of benzene rings is 1. The van der Waals surface area contributed by atoms with Gasteiger partial charge in [-0.3, -0.25) is 0 Å². The smallest absolute Gasteiger partial charge is 0.209 e. The van der Waals surface area contributed by atoms with Crippen LogP contribution in [0.4, 0.5) is 0 Å². The van der Waals surface area contributed by atoms with Gasteiger partial charge in [0.1, 0.15) is 36.5 Å². The van der Waals surface area contributed by atoms with Gasteiger partial charge in [0.15, 0.2) is 6.23 Å². The summed E-state index contributed by atoms with van der Waals surface area (Å²) in [5.41, 5.74) is 2.00. The second kappa shape index (κ2) is 18.2. The molecule has 258 valence electrons. The molecule has 0 radical (unpaired) electrons. The second-order valence-electron chi connectivity index (χ2n) is 12.7. The van der Waals surface area contributed by atoms with E-state index in [-0.39, 0.29) is 18.0 Å². The van der Waals surface area contributed by atoms with Crippen LogP contribution in [0.5, 0.6) is 0 Å². The van der Waals surface area contributed by atoms with Crippen LogP contribution in [0.25, 0.3) is 10.9 Å². The largest absolute Gasteiger partial charge is 0.483 e. The van der Waals surface area contributed by atoms with Crippen molar-refractivity contribution in [1.82, 2.24) is 4.57 Å². The van der Waals surface area contributed by atoms with Crippen molar-refractivity contribution < 1.29 is 33.5 Å². The molecular formula is C36H57N3O7. The molecule has 0 spiro atoms. The molecule has 1 aromatic heterocycles. The van der Waals surface area contributed by atoms with Crippen molar-refractivity contribution in [2.45, 2.75) is 122 Å². The zero-order chi connectivity index (χ0) is 33.1. The molecule has 4 rings (SSSR count). The third-order valence-electron chi connectivity index (χ3n) is 8.82. The first-order chi connectivity index (χ1) is 22.4. The number of hydrogen-bond acceptors (Lipinski definition) is 9. The zero-order valence-electron chi connectivity index (χ0n) is 29.0. The summed E-state index contributed by atoms with van der Waals surface area (Å²) in [7, 11) is 3.29. The molecule has 1 saturated heterocycles. The maximum Gasteiger partial charge on any atom is 0.209 e. The zero-order valence-corrected chi connectivity index (χ0v) is 29.0. The number of aliphatic hydroxyl groups excluding tert-OH is 1. The Morgan fingerprint density at radius 1 is 0.870 bits per heavy atom. The number of hydrogen-bond donors (Lipinski definition) is 1. The monoisotopic (exact) mass is 643 g/mol. The minimum absolute atomic E-state index is 0.183. The maximum atomic E-state index is 12.0. The molecule has 3 heterocycles. The summed E-state index contributed by atoms with van der Waals surface area (Å²) in [6, 6.07) is 7.66. The van der Waals surface area contributed by atoms with E-state index in [2.05, 4.69) is 52.9 Å². The molecule has 46 heavy (non-hydrogen) atoms. The van der Waals surface area contributed by atoms with Crippen molar-refractivity contribution in [1.29, 1.82) is 0 Å². The van der Waals surface area contributed by atoms with Gasteiger partial charge in [-0.2, -0.15) is 0 Å². The van der Waals surface area contributed by atoms with E-state index >= 15 is 0 Å². The minimum atomic E-state index is -0.963. The summed E-state index contributed by atoms with van der Waals surface area (Å²) in [6.07, 6.45) is 5.37. The number of rotatable bonds is 17. The summed E-state index contributed by atoms with van der Waals surface area (Å²) in [6.45, 7) is 12.7. The lowest BCUT2D eigenvalue weighted by atomic mass is 9.97. The van der Waals surface area contributed by atoms with Gasteiger partial charge in [-0.25, -0.2) is 9.98 Å². The van der Waals surface area contributed by atoms with Crippen molar-refractivity contribution in [2.24, 2.45) is 15.9 Å². The Morgan fingerprint density at radius 3 is 2.17 bits per heavy atom. The van der Waals surface area contributed by atoms with Gasteiger partial charge in [0.2, 0.25) is 11.8 Å². The number of aromatic nitrogens is 1. The molecule has 10 heteroatoms. The highest BCUT2D eigenvalue weighted by Gasteiger charge is 2.48. The van der Waals surface area contributed by atoms with Crippen molar-refractivity contribution in [2.75, 3.05) is 40.6 Å². The standard InChI is InChI=1S/C36H57N3O7/c1-8-11-18-43-23-29-32(44-19-12-9-2)33(45-20-13-10-3)31(40)36(46-29)39-22-25(26-16-14-15-17-28(26)39)21-27-34(41-6)38-30(24(4)5)35(37-27)42-7/h14-17,22,24,27,29-33,36,40H,8-13,18-21,23H2,1-7H3/t27-,29+,30+,31-,32+,33+,36-/m0/s1. The summed E-state index contributed by atoms with van der Waals surface area (Å²) in [5.74, 6) is 1.42. The molecule has 2 aromatic rings. The molecule has 0 aliphatic carbocycles. The summed E-state index contributed by atoms with van der Waals surface area (Å²) in [5, 5.41) is 13.0. The predicted octanol–water partition coefficient (Wildman–Crippen LogP) is 6.13. The Kier molecular flexibility index (Phi) is 14.3. The highest BCUT2D eigenvalue weighted by Crippen LogP contribution is 2.36. The van der Waals surface area contributed by atoms with Crippen molar-refractivity contribution in [3.05, 3.63) is 36.0 Å². The fourth-order valence-electron chi connectivity index (χ4n) is 6.19. The first-order valence-corrected chi connectivity index (χ1v) is 17.3. The Morgan fingerprint density at radius 2 is 1.52 bits per heavy atom. The van der Waals surface area contributed by atoms with Gasteiger partial charge in [-0.15, -0.1) is 0 Å². The topological polar surface area (TPSA) is 105 Å². The molecule has 10 nitrogen and oxygen atoms in total.